The van der Waals surface area contributed by atoms with E-state index in [2.05, 4.69) is 69.2 Å². The molecule has 2 heterocycles. The van der Waals surface area contributed by atoms with Crippen LogP contribution in [0.1, 0.15) is 82.1 Å². The minimum Gasteiger partial charge on any atom is -0.374 e. The molecule has 2 fully saturated rings. The fourth-order valence-electron chi connectivity index (χ4n) is 5.19. The number of hydrogen-bond donors (Lipinski definition) is 0. The smallest absolute Gasteiger partial charge is 0.161 e. The van der Waals surface area contributed by atoms with Crippen molar-refractivity contribution in [3.8, 4) is 0 Å². The van der Waals surface area contributed by atoms with Crippen molar-refractivity contribution in [2.75, 3.05) is 0 Å². The van der Waals surface area contributed by atoms with Crippen LogP contribution in [-0.2, 0) is 14.2 Å². The van der Waals surface area contributed by atoms with Gasteiger partial charge in [-0.2, -0.15) is 0 Å². The van der Waals surface area contributed by atoms with Crippen molar-refractivity contribution in [3.05, 3.63) is 0 Å². The van der Waals surface area contributed by atoms with Gasteiger partial charge in [-0.15, -0.1) is 0 Å². The highest BCUT2D eigenvalue weighted by Crippen LogP contribution is 2.42. The monoisotopic (exact) mass is 382 g/mol. The second kappa shape index (κ2) is 9.59. The Morgan fingerprint density at radius 3 is 1.70 bits per heavy atom. The highest BCUT2D eigenvalue weighted by Gasteiger charge is 2.47. The molecule has 5 unspecified atom stereocenters. The van der Waals surface area contributed by atoms with Crippen LogP contribution < -0.4 is 0 Å². The van der Waals surface area contributed by atoms with Gasteiger partial charge in [-0.1, -0.05) is 75.2 Å². The van der Waals surface area contributed by atoms with E-state index in [0.29, 0.717) is 47.5 Å². The summed E-state index contributed by atoms with van der Waals surface area (Å²) in [5.41, 5.74) is 0. The molecule has 0 bridgehead atoms. The van der Waals surface area contributed by atoms with Crippen LogP contribution >= 0.6 is 0 Å². The summed E-state index contributed by atoms with van der Waals surface area (Å²) in [4.78, 5) is 0. The van der Waals surface area contributed by atoms with Crippen molar-refractivity contribution < 1.29 is 14.2 Å². The number of hydrogen-bond acceptors (Lipinski definition) is 3. The Kier molecular flexibility index (Phi) is 8.22. The summed E-state index contributed by atoms with van der Waals surface area (Å²) in [5.74, 6) is 3.49. The van der Waals surface area contributed by atoms with E-state index in [-0.39, 0.29) is 24.6 Å². The van der Waals surface area contributed by atoms with Crippen LogP contribution in [0.3, 0.4) is 0 Å². The molecule has 3 heteroatoms. The summed E-state index contributed by atoms with van der Waals surface area (Å²) in [6.07, 6.45) is 3.17. The molecule has 0 aromatic carbocycles. The molecule has 0 aromatic rings. The van der Waals surface area contributed by atoms with E-state index < -0.39 is 0 Å². The molecule has 0 N–H and O–H groups in total. The highest BCUT2D eigenvalue weighted by atomic mass is 16.7. The summed E-state index contributed by atoms with van der Waals surface area (Å²) < 4.78 is 19.8. The lowest BCUT2D eigenvalue weighted by molar-refractivity contribution is -0.303. The van der Waals surface area contributed by atoms with Crippen molar-refractivity contribution in [2.45, 2.75) is 113 Å². The molecule has 3 nitrogen and oxygen atoms in total. The Bertz CT molecular complexity index is 453. The van der Waals surface area contributed by atoms with Crippen molar-refractivity contribution in [2.24, 2.45) is 41.4 Å². The summed E-state index contributed by atoms with van der Waals surface area (Å²) >= 11 is 0. The predicted molar refractivity (Wildman–Crippen MR) is 113 cm³/mol. The maximum atomic E-state index is 6.81. The average molecular weight is 383 g/mol. The molecule has 0 radical (unpaired) electrons. The maximum Gasteiger partial charge on any atom is 0.161 e. The van der Waals surface area contributed by atoms with Crippen molar-refractivity contribution >= 4 is 0 Å². The van der Waals surface area contributed by atoms with Gasteiger partial charge in [0, 0.05) is 17.8 Å². The topological polar surface area (TPSA) is 27.7 Å². The molecule has 2 aliphatic rings. The van der Waals surface area contributed by atoms with Crippen molar-refractivity contribution in [1.29, 1.82) is 0 Å². The Morgan fingerprint density at radius 2 is 1.19 bits per heavy atom. The summed E-state index contributed by atoms with van der Waals surface area (Å²) in [6, 6.07) is 0. The molecule has 160 valence electrons. The fourth-order valence-corrected chi connectivity index (χ4v) is 5.19. The van der Waals surface area contributed by atoms with E-state index in [1.807, 2.05) is 0 Å². The fraction of sp³-hybridized carbons (Fsp3) is 1.00. The molecular weight excluding hydrogens is 336 g/mol. The Morgan fingerprint density at radius 1 is 0.667 bits per heavy atom. The van der Waals surface area contributed by atoms with E-state index in [1.54, 1.807) is 0 Å². The first kappa shape index (κ1) is 23.2. The number of ether oxygens (including phenoxy) is 3. The molecule has 0 amide bonds. The third-order valence-electron chi connectivity index (χ3n) is 8.27. The zero-order chi connectivity index (χ0) is 20.5. The SMILES string of the molecule is CC[C@@H](C)C1OC(C)C(C)[C@@H](O[C@H]2O[C@@H]([C@H](C)CC)[C@@H](C)C(C)C2C)[C@@H]1C. The van der Waals surface area contributed by atoms with Crippen molar-refractivity contribution in [3.63, 3.8) is 0 Å². The third-order valence-corrected chi connectivity index (χ3v) is 8.27. The van der Waals surface area contributed by atoms with Gasteiger partial charge in [-0.05, 0) is 30.6 Å². The van der Waals surface area contributed by atoms with Crippen LogP contribution in [0.2, 0.25) is 0 Å². The molecule has 0 aliphatic carbocycles. The molecule has 2 saturated heterocycles. The first-order valence-electron chi connectivity index (χ1n) is 11.6. The van der Waals surface area contributed by atoms with Gasteiger partial charge >= 0.3 is 0 Å². The first-order valence-corrected chi connectivity index (χ1v) is 11.6. The van der Waals surface area contributed by atoms with E-state index in [9.17, 15) is 0 Å². The zero-order valence-corrected chi connectivity index (χ0v) is 19.6. The second-order valence-corrected chi connectivity index (χ2v) is 9.94. The lowest BCUT2D eigenvalue weighted by Gasteiger charge is -2.50. The third kappa shape index (κ3) is 4.73. The molecule has 12 atom stereocenters. The minimum absolute atomic E-state index is 0.104. The molecule has 0 spiro atoms. The normalized spacial score (nSPS) is 48.2. The van der Waals surface area contributed by atoms with Gasteiger partial charge in [0.25, 0.3) is 0 Å². The van der Waals surface area contributed by atoms with Gasteiger partial charge in [0.1, 0.15) is 0 Å². The second-order valence-electron chi connectivity index (χ2n) is 9.94. The van der Waals surface area contributed by atoms with Crippen LogP contribution in [0.4, 0.5) is 0 Å². The minimum atomic E-state index is -0.104. The lowest BCUT2D eigenvalue weighted by Crippen LogP contribution is -2.55. The van der Waals surface area contributed by atoms with Crippen LogP contribution in [0.5, 0.6) is 0 Å². The Balaban J connectivity index is 2.18. The van der Waals surface area contributed by atoms with E-state index in [0.717, 1.165) is 12.8 Å². The van der Waals surface area contributed by atoms with E-state index >= 15 is 0 Å². The van der Waals surface area contributed by atoms with Gasteiger partial charge in [-0.25, -0.2) is 0 Å². The molecular formula is C24H46O3. The maximum absolute atomic E-state index is 6.81. The number of rotatable bonds is 6. The van der Waals surface area contributed by atoms with E-state index in [1.165, 1.54) is 0 Å². The summed E-state index contributed by atoms with van der Waals surface area (Å²) in [7, 11) is 0. The van der Waals surface area contributed by atoms with Gasteiger partial charge in [0.15, 0.2) is 6.29 Å². The van der Waals surface area contributed by atoms with Gasteiger partial charge < -0.3 is 14.2 Å². The Labute approximate surface area is 168 Å². The zero-order valence-electron chi connectivity index (χ0n) is 19.6. The summed E-state index contributed by atoms with van der Waals surface area (Å²) in [6.45, 7) is 23.0. The first-order chi connectivity index (χ1) is 12.6. The average Bonchev–Trinajstić information content (AvgIpc) is 2.66. The van der Waals surface area contributed by atoms with Crippen LogP contribution in [0, 0.1) is 41.4 Å². The lowest BCUT2D eigenvalue weighted by atomic mass is 9.74. The molecule has 0 aromatic heterocycles. The van der Waals surface area contributed by atoms with Crippen LogP contribution in [0.25, 0.3) is 0 Å². The standard InChI is InChI=1S/C24H46O3/c1-11-13(3)21-16(6)15(5)17(7)24(26-21)27-23-18(8)20(10)25-22(19(23)9)14(4)12-2/h13-24H,11-12H2,1-10H3/t13-,14-,15?,16+,17?,18?,19-,20?,21+,22?,23-,24-/m1/s1. The van der Waals surface area contributed by atoms with Gasteiger partial charge in [-0.3, -0.25) is 0 Å². The largest absolute Gasteiger partial charge is 0.374 e. The van der Waals surface area contributed by atoms with Crippen LogP contribution in [-0.4, -0.2) is 30.7 Å². The van der Waals surface area contributed by atoms with Gasteiger partial charge in [0.2, 0.25) is 0 Å². The molecule has 27 heavy (non-hydrogen) atoms. The van der Waals surface area contributed by atoms with Gasteiger partial charge in [0.05, 0.1) is 24.4 Å². The summed E-state index contributed by atoms with van der Waals surface area (Å²) in [5, 5.41) is 0. The predicted octanol–water partition coefficient (Wildman–Crippen LogP) is 6.16. The highest BCUT2D eigenvalue weighted by molar-refractivity contribution is 4.91. The Hall–Kier alpha value is -0.120. The molecule has 2 rings (SSSR count). The quantitative estimate of drug-likeness (QED) is 0.551. The van der Waals surface area contributed by atoms with Crippen molar-refractivity contribution in [1.82, 2.24) is 0 Å². The van der Waals surface area contributed by atoms with Crippen LogP contribution in [0.15, 0.2) is 0 Å². The molecule has 2 aliphatic heterocycles. The van der Waals surface area contributed by atoms with E-state index in [4.69, 9.17) is 14.2 Å². The molecule has 0 saturated carbocycles.